The number of methoxy groups -OCH3 is 1. The minimum absolute atomic E-state index is 0.0124. The van der Waals surface area contributed by atoms with Crippen molar-refractivity contribution in [2.75, 3.05) is 12.4 Å². The van der Waals surface area contributed by atoms with E-state index >= 15 is 0 Å². The average molecular weight is 374 g/mol. The maximum Gasteiger partial charge on any atom is 0.325 e. The van der Waals surface area contributed by atoms with Crippen molar-refractivity contribution in [3.63, 3.8) is 0 Å². The Labute approximate surface area is 155 Å². The number of anilines is 1. The lowest BCUT2D eigenvalue weighted by Crippen LogP contribution is -2.45. The molecule has 1 aromatic carbocycles. The van der Waals surface area contributed by atoms with Crippen molar-refractivity contribution >= 4 is 17.6 Å². The number of urea groups is 1. The van der Waals surface area contributed by atoms with E-state index in [4.69, 9.17) is 9.47 Å². The van der Waals surface area contributed by atoms with Gasteiger partial charge in [-0.25, -0.2) is 19.2 Å². The Morgan fingerprint density at radius 1 is 1.22 bits per heavy atom. The molecule has 0 unspecified atom stereocenters. The predicted octanol–water partition coefficient (Wildman–Crippen LogP) is 2.79. The number of imide groups is 1. The minimum Gasteiger partial charge on any atom is -0.424 e. The molecule has 9 heteroatoms. The molecule has 0 atom stereocenters. The maximum absolute atomic E-state index is 12.8. The third-order valence-corrected chi connectivity index (χ3v) is 4.27. The van der Waals surface area contributed by atoms with E-state index in [2.05, 4.69) is 20.6 Å². The van der Waals surface area contributed by atoms with E-state index in [1.54, 1.807) is 32.2 Å². The standard InChI is InChI=1S/C18H19FN4O4/c1-10-5-13(3-4-15(10)27-18-20-8-12(19)9-21-18)22-17(25)23-16(24)11-6-14(7-11)26-2/h3-5,8-9,11,14H,6-7H2,1-2H3,(H2,22,23,24,25). The molecule has 8 nitrogen and oxygen atoms in total. The molecule has 1 aliphatic carbocycles. The lowest BCUT2D eigenvalue weighted by atomic mass is 9.81. The van der Waals surface area contributed by atoms with Crippen LogP contribution in [0.3, 0.4) is 0 Å². The summed E-state index contributed by atoms with van der Waals surface area (Å²) in [6.07, 6.45) is 3.33. The van der Waals surface area contributed by atoms with Crippen LogP contribution in [0.25, 0.3) is 0 Å². The highest BCUT2D eigenvalue weighted by atomic mass is 19.1. The van der Waals surface area contributed by atoms with E-state index in [1.165, 1.54) is 0 Å². The summed E-state index contributed by atoms with van der Waals surface area (Å²) in [5.41, 5.74) is 1.20. The smallest absolute Gasteiger partial charge is 0.325 e. The molecule has 27 heavy (non-hydrogen) atoms. The summed E-state index contributed by atoms with van der Waals surface area (Å²) in [4.78, 5) is 31.4. The van der Waals surface area contributed by atoms with Crippen molar-refractivity contribution in [3.05, 3.63) is 42.0 Å². The Morgan fingerprint density at radius 3 is 2.56 bits per heavy atom. The molecule has 142 valence electrons. The average Bonchev–Trinajstić information content (AvgIpc) is 2.58. The maximum atomic E-state index is 12.8. The van der Waals surface area contributed by atoms with Crippen LogP contribution in [0.1, 0.15) is 18.4 Å². The molecular formula is C18H19FN4O4. The fraction of sp³-hybridized carbons (Fsp3) is 0.333. The fourth-order valence-electron chi connectivity index (χ4n) is 2.64. The van der Waals surface area contributed by atoms with E-state index in [1.807, 2.05) is 0 Å². The number of ether oxygens (including phenoxy) is 2. The number of aromatic nitrogens is 2. The predicted molar refractivity (Wildman–Crippen MR) is 93.9 cm³/mol. The van der Waals surface area contributed by atoms with Crippen molar-refractivity contribution < 1.29 is 23.5 Å². The first kappa shape index (κ1) is 18.7. The topological polar surface area (TPSA) is 102 Å². The molecule has 3 amide bonds. The van der Waals surface area contributed by atoms with Gasteiger partial charge < -0.3 is 14.8 Å². The SMILES string of the molecule is COC1CC(C(=O)NC(=O)Nc2ccc(Oc3ncc(F)cn3)c(C)c2)C1. The van der Waals surface area contributed by atoms with E-state index in [-0.39, 0.29) is 23.9 Å². The van der Waals surface area contributed by atoms with Gasteiger partial charge in [-0.05, 0) is 43.5 Å². The van der Waals surface area contributed by atoms with Gasteiger partial charge in [0.15, 0.2) is 5.82 Å². The second-order valence-electron chi connectivity index (χ2n) is 6.24. The van der Waals surface area contributed by atoms with Gasteiger partial charge in [-0.3, -0.25) is 10.1 Å². The monoisotopic (exact) mass is 374 g/mol. The zero-order chi connectivity index (χ0) is 19.4. The Bertz CT molecular complexity index is 838. The minimum atomic E-state index is -0.601. The van der Waals surface area contributed by atoms with Gasteiger partial charge in [-0.1, -0.05) is 0 Å². The van der Waals surface area contributed by atoms with Crippen LogP contribution in [0.15, 0.2) is 30.6 Å². The van der Waals surface area contributed by atoms with Gasteiger partial charge in [0.05, 0.1) is 18.5 Å². The second-order valence-corrected chi connectivity index (χ2v) is 6.24. The van der Waals surface area contributed by atoms with Crippen LogP contribution in [-0.4, -0.2) is 35.1 Å². The summed E-state index contributed by atoms with van der Waals surface area (Å²) in [7, 11) is 1.60. The molecule has 0 saturated heterocycles. The molecule has 0 aliphatic heterocycles. The normalized spacial score (nSPS) is 18.3. The van der Waals surface area contributed by atoms with Crippen LogP contribution >= 0.6 is 0 Å². The number of hydrogen-bond donors (Lipinski definition) is 2. The summed E-state index contributed by atoms with van der Waals surface area (Å²) < 4.78 is 23.4. The Kier molecular flexibility index (Phi) is 5.60. The fourth-order valence-corrected chi connectivity index (χ4v) is 2.64. The first-order valence-corrected chi connectivity index (χ1v) is 8.35. The molecule has 1 saturated carbocycles. The number of nitrogens with one attached hydrogen (secondary N) is 2. The zero-order valence-corrected chi connectivity index (χ0v) is 14.9. The lowest BCUT2D eigenvalue weighted by Gasteiger charge is -2.32. The lowest BCUT2D eigenvalue weighted by molar-refractivity contribution is -0.131. The first-order chi connectivity index (χ1) is 12.9. The van der Waals surface area contributed by atoms with Crippen LogP contribution < -0.4 is 15.4 Å². The number of nitrogens with zero attached hydrogens (tertiary/aromatic N) is 2. The number of benzene rings is 1. The molecule has 1 fully saturated rings. The number of aryl methyl sites for hydroxylation is 1. The number of halogens is 1. The molecule has 1 aliphatic rings. The van der Waals surface area contributed by atoms with E-state index < -0.39 is 11.8 Å². The van der Waals surface area contributed by atoms with Crippen molar-refractivity contribution in [1.29, 1.82) is 0 Å². The third-order valence-electron chi connectivity index (χ3n) is 4.27. The number of carbonyl (C=O) groups is 2. The Morgan fingerprint density at radius 2 is 1.93 bits per heavy atom. The molecule has 2 N–H and O–H groups in total. The van der Waals surface area contributed by atoms with Crippen LogP contribution in [0.5, 0.6) is 11.8 Å². The Hall–Kier alpha value is -3.07. The number of rotatable bonds is 5. The molecule has 0 radical (unpaired) electrons. The zero-order valence-electron chi connectivity index (χ0n) is 14.9. The highest BCUT2D eigenvalue weighted by Gasteiger charge is 2.35. The quantitative estimate of drug-likeness (QED) is 0.834. The summed E-state index contributed by atoms with van der Waals surface area (Å²) in [6.45, 7) is 1.77. The number of hydrogen-bond acceptors (Lipinski definition) is 6. The molecule has 1 heterocycles. The molecular weight excluding hydrogens is 355 g/mol. The molecule has 0 spiro atoms. The summed E-state index contributed by atoms with van der Waals surface area (Å²) >= 11 is 0. The van der Waals surface area contributed by atoms with E-state index in [9.17, 15) is 14.0 Å². The van der Waals surface area contributed by atoms with E-state index in [0.717, 1.165) is 12.4 Å². The van der Waals surface area contributed by atoms with Gasteiger partial charge in [-0.15, -0.1) is 0 Å². The second kappa shape index (κ2) is 8.09. The van der Waals surface area contributed by atoms with Crippen LogP contribution in [0.2, 0.25) is 0 Å². The van der Waals surface area contributed by atoms with Crippen LogP contribution in [0, 0.1) is 18.7 Å². The summed E-state index contributed by atoms with van der Waals surface area (Å²) in [5.74, 6) is -0.609. The van der Waals surface area contributed by atoms with Crippen molar-refractivity contribution in [1.82, 2.24) is 15.3 Å². The highest BCUT2D eigenvalue weighted by molar-refractivity contribution is 6.02. The molecule has 2 aromatic rings. The van der Waals surface area contributed by atoms with Gasteiger partial charge >= 0.3 is 12.0 Å². The van der Waals surface area contributed by atoms with Gasteiger partial charge in [0.2, 0.25) is 5.91 Å². The van der Waals surface area contributed by atoms with Gasteiger partial charge in [0.1, 0.15) is 5.75 Å². The van der Waals surface area contributed by atoms with Gasteiger partial charge in [0.25, 0.3) is 0 Å². The molecule has 1 aromatic heterocycles. The number of amides is 3. The van der Waals surface area contributed by atoms with Crippen LogP contribution in [-0.2, 0) is 9.53 Å². The molecule has 0 bridgehead atoms. The Balaban J connectivity index is 1.54. The first-order valence-electron chi connectivity index (χ1n) is 8.35. The number of carbonyl (C=O) groups excluding carboxylic acids is 2. The molecule has 3 rings (SSSR count). The van der Waals surface area contributed by atoms with Crippen molar-refractivity contribution in [2.45, 2.75) is 25.9 Å². The third kappa shape index (κ3) is 4.76. The van der Waals surface area contributed by atoms with Gasteiger partial charge in [-0.2, -0.15) is 0 Å². The largest absolute Gasteiger partial charge is 0.424 e. The van der Waals surface area contributed by atoms with Crippen molar-refractivity contribution in [3.8, 4) is 11.8 Å². The van der Waals surface area contributed by atoms with Crippen LogP contribution in [0.4, 0.5) is 14.9 Å². The van der Waals surface area contributed by atoms with E-state index in [0.29, 0.717) is 29.8 Å². The van der Waals surface area contributed by atoms with Crippen molar-refractivity contribution in [2.24, 2.45) is 5.92 Å². The summed E-state index contributed by atoms with van der Waals surface area (Å²) in [6, 6.07) is 4.32. The highest BCUT2D eigenvalue weighted by Crippen LogP contribution is 2.29. The van der Waals surface area contributed by atoms with Gasteiger partial charge in [0, 0.05) is 18.7 Å². The summed E-state index contributed by atoms with van der Waals surface area (Å²) in [5, 5.41) is 4.92.